The van der Waals surface area contributed by atoms with Crippen molar-refractivity contribution < 1.29 is 19.4 Å². The van der Waals surface area contributed by atoms with Crippen molar-refractivity contribution in [1.82, 2.24) is 0 Å². The molecule has 0 spiro atoms. The number of ether oxygens (including phenoxy) is 1. The van der Waals surface area contributed by atoms with E-state index in [1.54, 1.807) is 0 Å². The molecule has 1 N–H and O–H groups in total. The van der Waals surface area contributed by atoms with E-state index in [-0.39, 0.29) is 5.97 Å². The second kappa shape index (κ2) is 46.1. The quantitative estimate of drug-likeness (QED) is 0.0499. The Morgan fingerprint density at radius 1 is 0.308 bits per heavy atom. The van der Waals surface area contributed by atoms with E-state index in [0.29, 0.717) is 19.4 Å². The van der Waals surface area contributed by atoms with E-state index in [4.69, 9.17) is 9.84 Å². The first kappa shape index (κ1) is 50.9. The number of rotatable bonds is 46. The lowest BCUT2D eigenvalue weighted by atomic mass is 10.0. The number of unbranched alkanes of at least 4 members (excludes halogenated alkanes) is 40. The molecule has 0 saturated heterocycles. The molecule has 0 unspecified atom stereocenters. The van der Waals surface area contributed by atoms with Gasteiger partial charge in [0.2, 0.25) is 0 Å². The van der Waals surface area contributed by atoms with Crippen molar-refractivity contribution in [1.29, 1.82) is 0 Å². The van der Waals surface area contributed by atoms with Crippen molar-refractivity contribution in [3.8, 4) is 0 Å². The minimum Gasteiger partial charge on any atom is -0.481 e. The average molecular weight is 735 g/mol. The molecule has 0 aliphatic carbocycles. The minimum atomic E-state index is -0.651. The fourth-order valence-electron chi connectivity index (χ4n) is 7.70. The van der Waals surface area contributed by atoms with Crippen molar-refractivity contribution in [2.75, 3.05) is 6.61 Å². The van der Waals surface area contributed by atoms with E-state index in [2.05, 4.69) is 6.92 Å². The summed E-state index contributed by atoms with van der Waals surface area (Å²) in [6.45, 7) is 2.89. The van der Waals surface area contributed by atoms with Gasteiger partial charge in [0.1, 0.15) is 0 Å². The molecule has 0 radical (unpaired) electrons. The Bertz CT molecular complexity index is 692. The monoisotopic (exact) mass is 735 g/mol. The third-order valence-corrected chi connectivity index (χ3v) is 11.3. The van der Waals surface area contributed by atoms with Gasteiger partial charge in [0.25, 0.3) is 0 Å². The van der Waals surface area contributed by atoms with Crippen molar-refractivity contribution in [3.63, 3.8) is 0 Å². The lowest BCUT2D eigenvalue weighted by Gasteiger charge is -2.06. The molecule has 0 bridgehead atoms. The van der Waals surface area contributed by atoms with Gasteiger partial charge in [-0.25, -0.2) is 0 Å². The van der Waals surface area contributed by atoms with Crippen molar-refractivity contribution in [3.05, 3.63) is 0 Å². The summed E-state index contributed by atoms with van der Waals surface area (Å²) in [5.74, 6) is -0.630. The zero-order valence-corrected chi connectivity index (χ0v) is 35.5. The zero-order chi connectivity index (χ0) is 37.7. The standard InChI is InChI=1S/C48H94O4/c1-2-3-4-5-6-37-40-43-46-52-48(51)45-42-39-36-34-32-30-28-26-24-22-20-18-16-14-12-10-8-7-9-11-13-15-17-19-21-23-25-27-29-31-33-35-38-41-44-47(49)50/h2-46H2,1H3,(H,49,50). The van der Waals surface area contributed by atoms with Crippen LogP contribution >= 0.6 is 0 Å². The van der Waals surface area contributed by atoms with E-state index in [9.17, 15) is 9.59 Å². The molecule has 0 heterocycles. The summed E-state index contributed by atoms with van der Waals surface area (Å²) in [6.07, 6.45) is 57.6. The molecule has 52 heavy (non-hydrogen) atoms. The summed E-state index contributed by atoms with van der Waals surface area (Å²) < 4.78 is 5.42. The molecule has 310 valence electrons. The lowest BCUT2D eigenvalue weighted by molar-refractivity contribution is -0.144. The van der Waals surface area contributed by atoms with Crippen LogP contribution in [0.2, 0.25) is 0 Å². The molecular formula is C48H94O4. The van der Waals surface area contributed by atoms with Crippen molar-refractivity contribution in [2.45, 2.75) is 289 Å². The van der Waals surface area contributed by atoms with Gasteiger partial charge in [-0.3, -0.25) is 9.59 Å². The molecule has 0 saturated carbocycles. The summed E-state index contributed by atoms with van der Waals surface area (Å²) in [7, 11) is 0. The fraction of sp³-hybridized carbons (Fsp3) is 0.958. The second-order valence-corrected chi connectivity index (χ2v) is 16.6. The highest BCUT2D eigenvalue weighted by Crippen LogP contribution is 2.17. The molecule has 0 rings (SSSR count). The Hall–Kier alpha value is -1.06. The van der Waals surface area contributed by atoms with Crippen LogP contribution in [0.15, 0.2) is 0 Å². The first-order chi connectivity index (χ1) is 25.7. The molecule has 0 aromatic carbocycles. The highest BCUT2D eigenvalue weighted by atomic mass is 16.5. The summed E-state index contributed by atoms with van der Waals surface area (Å²) >= 11 is 0. The number of carbonyl (C=O) groups is 2. The van der Waals surface area contributed by atoms with Crippen LogP contribution < -0.4 is 0 Å². The summed E-state index contributed by atoms with van der Waals surface area (Å²) in [6, 6.07) is 0. The van der Waals surface area contributed by atoms with E-state index < -0.39 is 5.97 Å². The molecule has 0 amide bonds. The minimum absolute atomic E-state index is 0.0207. The van der Waals surface area contributed by atoms with Gasteiger partial charge in [-0.15, -0.1) is 0 Å². The molecule has 0 atom stereocenters. The lowest BCUT2D eigenvalue weighted by Crippen LogP contribution is -2.05. The number of hydrogen-bond acceptors (Lipinski definition) is 3. The third-order valence-electron chi connectivity index (χ3n) is 11.3. The number of carboxylic acids is 1. The predicted molar refractivity (Wildman–Crippen MR) is 227 cm³/mol. The first-order valence-electron chi connectivity index (χ1n) is 24.0. The second-order valence-electron chi connectivity index (χ2n) is 16.6. The van der Waals surface area contributed by atoms with Crippen LogP contribution in [0.5, 0.6) is 0 Å². The van der Waals surface area contributed by atoms with Crippen LogP contribution in [0.1, 0.15) is 289 Å². The van der Waals surface area contributed by atoms with Gasteiger partial charge in [-0.05, 0) is 19.3 Å². The summed E-state index contributed by atoms with van der Waals surface area (Å²) in [4.78, 5) is 22.4. The van der Waals surface area contributed by atoms with Crippen LogP contribution in [-0.4, -0.2) is 23.7 Å². The highest BCUT2D eigenvalue weighted by molar-refractivity contribution is 5.69. The summed E-state index contributed by atoms with van der Waals surface area (Å²) in [5.41, 5.74) is 0. The highest BCUT2D eigenvalue weighted by Gasteiger charge is 2.03. The molecular weight excluding hydrogens is 641 g/mol. The number of esters is 1. The molecule has 0 aromatic rings. The van der Waals surface area contributed by atoms with E-state index in [1.807, 2.05) is 0 Å². The molecule has 0 fully saturated rings. The number of carboxylic acid groups (broad SMARTS) is 1. The van der Waals surface area contributed by atoms with E-state index >= 15 is 0 Å². The van der Waals surface area contributed by atoms with Gasteiger partial charge in [-0.2, -0.15) is 0 Å². The first-order valence-corrected chi connectivity index (χ1v) is 24.0. The smallest absolute Gasteiger partial charge is 0.305 e. The van der Waals surface area contributed by atoms with E-state index in [1.165, 1.54) is 244 Å². The molecule has 4 nitrogen and oxygen atoms in total. The van der Waals surface area contributed by atoms with Gasteiger partial charge < -0.3 is 9.84 Å². The maximum Gasteiger partial charge on any atom is 0.305 e. The maximum atomic E-state index is 11.9. The number of carbonyl (C=O) groups excluding carboxylic acids is 1. The average Bonchev–Trinajstić information content (AvgIpc) is 3.13. The van der Waals surface area contributed by atoms with E-state index in [0.717, 1.165) is 25.7 Å². The van der Waals surface area contributed by atoms with Crippen LogP contribution in [-0.2, 0) is 14.3 Å². The Labute approximate surface area is 326 Å². The van der Waals surface area contributed by atoms with Crippen LogP contribution in [0.4, 0.5) is 0 Å². The van der Waals surface area contributed by atoms with Gasteiger partial charge >= 0.3 is 11.9 Å². The van der Waals surface area contributed by atoms with Gasteiger partial charge in [0.15, 0.2) is 0 Å². The maximum absolute atomic E-state index is 11.9. The Kier molecular flexibility index (Phi) is 45.2. The Balaban J connectivity index is 3.11. The predicted octanol–water partition coefficient (Wildman–Crippen LogP) is 16.8. The molecule has 0 aliphatic rings. The number of aliphatic carboxylic acids is 1. The van der Waals surface area contributed by atoms with Crippen LogP contribution in [0, 0.1) is 0 Å². The molecule has 4 heteroatoms. The van der Waals surface area contributed by atoms with Crippen molar-refractivity contribution in [2.24, 2.45) is 0 Å². The fourth-order valence-corrected chi connectivity index (χ4v) is 7.70. The Morgan fingerprint density at radius 3 is 0.769 bits per heavy atom. The van der Waals surface area contributed by atoms with Crippen molar-refractivity contribution >= 4 is 11.9 Å². The summed E-state index contributed by atoms with van der Waals surface area (Å²) in [5, 5.41) is 8.66. The number of hydrogen-bond donors (Lipinski definition) is 1. The van der Waals surface area contributed by atoms with Gasteiger partial charge in [-0.1, -0.05) is 257 Å². The SMILES string of the molecule is CCCCCCCCCCOC(=O)CCCCCCCCCCCCCCCCCCCCCCCCCCCCCCCCCCCCC(=O)O. The molecule has 0 aliphatic heterocycles. The third kappa shape index (κ3) is 47.0. The van der Waals surface area contributed by atoms with Gasteiger partial charge in [0, 0.05) is 12.8 Å². The Morgan fingerprint density at radius 2 is 0.519 bits per heavy atom. The normalized spacial score (nSPS) is 11.4. The van der Waals surface area contributed by atoms with Gasteiger partial charge in [0.05, 0.1) is 6.61 Å². The van der Waals surface area contributed by atoms with Crippen LogP contribution in [0.25, 0.3) is 0 Å². The molecule has 0 aromatic heterocycles. The topological polar surface area (TPSA) is 63.6 Å². The largest absolute Gasteiger partial charge is 0.481 e. The zero-order valence-electron chi connectivity index (χ0n) is 35.5. The van der Waals surface area contributed by atoms with Crippen LogP contribution in [0.3, 0.4) is 0 Å².